The quantitative estimate of drug-likeness (QED) is 0.797. The maximum atomic E-state index is 12.7. The second kappa shape index (κ2) is 7.19. The summed E-state index contributed by atoms with van der Waals surface area (Å²) < 4.78 is 7.42. The molecule has 1 aromatic heterocycles. The van der Waals surface area contributed by atoms with Crippen molar-refractivity contribution in [2.45, 2.75) is 31.4 Å². The number of benzene rings is 1. The van der Waals surface area contributed by atoms with E-state index in [2.05, 4.69) is 17.3 Å². The monoisotopic (exact) mass is 385 g/mol. The van der Waals surface area contributed by atoms with Gasteiger partial charge in [-0.3, -0.25) is 9.59 Å². The minimum absolute atomic E-state index is 0.105. The Hall–Kier alpha value is -2.60. The highest BCUT2D eigenvalue weighted by Crippen LogP contribution is 2.36. The molecule has 3 heterocycles. The number of rotatable bonds is 2. The highest BCUT2D eigenvalue weighted by atomic mass is 35.5. The maximum Gasteiger partial charge on any atom is 0.267 e. The molecule has 1 saturated heterocycles. The minimum Gasteiger partial charge on any atom is -0.483 e. The van der Waals surface area contributed by atoms with Crippen LogP contribution in [0.3, 0.4) is 0 Å². The Morgan fingerprint density at radius 2 is 2.04 bits per heavy atom. The molecule has 0 saturated carbocycles. The first-order valence-corrected chi connectivity index (χ1v) is 9.41. The second-order valence-electron chi connectivity index (χ2n) is 6.92. The summed E-state index contributed by atoms with van der Waals surface area (Å²) in [5.74, 6) is 0.749. The van der Waals surface area contributed by atoms with Gasteiger partial charge in [-0.1, -0.05) is 35.9 Å². The Morgan fingerprint density at radius 1 is 1.19 bits per heavy atom. The molecule has 2 aliphatic heterocycles. The third-order valence-corrected chi connectivity index (χ3v) is 5.31. The lowest BCUT2D eigenvalue weighted by Crippen LogP contribution is -2.40. The zero-order valence-corrected chi connectivity index (χ0v) is 15.6. The standard InChI is InChI=1S/C20H20ClN3O3/c21-17-6-7-18(25)24(22-17)14-19(26)23-12-3-9-20(11-13-23)10-8-15-4-1-2-5-16(15)27-20/h1-2,4-8,10H,3,9,11-14H2/t20-/m0/s1. The Kier molecular flexibility index (Phi) is 4.74. The van der Waals surface area contributed by atoms with Crippen LogP contribution in [-0.2, 0) is 11.3 Å². The van der Waals surface area contributed by atoms with E-state index in [4.69, 9.17) is 16.3 Å². The molecule has 6 nitrogen and oxygen atoms in total. The normalized spacial score (nSPS) is 21.4. The van der Waals surface area contributed by atoms with Crippen LogP contribution in [0.4, 0.5) is 0 Å². The second-order valence-corrected chi connectivity index (χ2v) is 7.31. The summed E-state index contributed by atoms with van der Waals surface area (Å²) in [5.41, 5.74) is 0.357. The van der Waals surface area contributed by atoms with Crippen LogP contribution < -0.4 is 10.3 Å². The topological polar surface area (TPSA) is 64.4 Å². The fourth-order valence-electron chi connectivity index (χ4n) is 3.62. The third-order valence-electron chi connectivity index (χ3n) is 5.10. The number of aromatic nitrogens is 2. The van der Waals surface area contributed by atoms with E-state index >= 15 is 0 Å². The molecule has 4 rings (SSSR count). The Morgan fingerprint density at radius 3 is 2.93 bits per heavy atom. The van der Waals surface area contributed by atoms with Crippen LogP contribution in [-0.4, -0.2) is 39.3 Å². The average Bonchev–Trinajstić information content (AvgIpc) is 2.87. The van der Waals surface area contributed by atoms with Gasteiger partial charge in [-0.2, -0.15) is 5.10 Å². The molecule has 0 bridgehead atoms. The van der Waals surface area contributed by atoms with Crippen molar-refractivity contribution in [1.29, 1.82) is 0 Å². The van der Waals surface area contributed by atoms with Crippen molar-refractivity contribution in [2.75, 3.05) is 13.1 Å². The summed E-state index contributed by atoms with van der Waals surface area (Å²) in [6.07, 6.45) is 6.60. The number of fused-ring (bicyclic) bond motifs is 1. The first-order chi connectivity index (χ1) is 13.0. The Labute approximate surface area is 162 Å². The van der Waals surface area contributed by atoms with E-state index in [1.165, 1.54) is 12.1 Å². The van der Waals surface area contributed by atoms with E-state index < -0.39 is 0 Å². The van der Waals surface area contributed by atoms with Crippen LogP contribution in [0.1, 0.15) is 24.8 Å². The van der Waals surface area contributed by atoms with E-state index in [9.17, 15) is 9.59 Å². The number of hydrogen-bond acceptors (Lipinski definition) is 4. The molecular formula is C20H20ClN3O3. The van der Waals surface area contributed by atoms with E-state index in [0.717, 1.165) is 28.8 Å². The lowest BCUT2D eigenvalue weighted by atomic mass is 9.91. The van der Waals surface area contributed by atoms with Gasteiger partial charge in [-0.25, -0.2) is 4.68 Å². The molecule has 2 aromatic rings. The van der Waals surface area contributed by atoms with Crippen LogP contribution in [0.25, 0.3) is 6.08 Å². The van der Waals surface area contributed by atoms with Crippen molar-refractivity contribution in [3.8, 4) is 5.75 Å². The van der Waals surface area contributed by atoms with Gasteiger partial charge < -0.3 is 9.64 Å². The number of carbonyl (C=O) groups is 1. The molecule has 1 amide bonds. The molecule has 27 heavy (non-hydrogen) atoms. The zero-order valence-electron chi connectivity index (χ0n) is 14.8. The molecule has 0 radical (unpaired) electrons. The highest BCUT2D eigenvalue weighted by Gasteiger charge is 2.35. The fourth-order valence-corrected chi connectivity index (χ4v) is 3.77. The van der Waals surface area contributed by atoms with Crippen LogP contribution in [0.5, 0.6) is 5.75 Å². The van der Waals surface area contributed by atoms with E-state index in [1.54, 1.807) is 4.90 Å². The summed E-state index contributed by atoms with van der Waals surface area (Å²) in [6, 6.07) is 10.7. The predicted molar refractivity (Wildman–Crippen MR) is 103 cm³/mol. The fraction of sp³-hybridized carbons (Fsp3) is 0.350. The summed E-state index contributed by atoms with van der Waals surface area (Å²) >= 11 is 5.83. The van der Waals surface area contributed by atoms with Gasteiger partial charge in [0, 0.05) is 31.1 Å². The van der Waals surface area contributed by atoms with Crippen molar-refractivity contribution in [3.63, 3.8) is 0 Å². The molecule has 1 atom stereocenters. The highest BCUT2D eigenvalue weighted by molar-refractivity contribution is 6.29. The van der Waals surface area contributed by atoms with Crippen LogP contribution in [0.15, 0.2) is 47.3 Å². The molecule has 0 aliphatic carbocycles. The van der Waals surface area contributed by atoms with Gasteiger partial charge in [0.1, 0.15) is 23.0 Å². The van der Waals surface area contributed by atoms with Gasteiger partial charge in [-0.15, -0.1) is 0 Å². The number of ether oxygens (including phenoxy) is 1. The molecule has 1 fully saturated rings. The number of nitrogens with zero attached hydrogens (tertiary/aromatic N) is 3. The number of halogens is 1. The van der Waals surface area contributed by atoms with Gasteiger partial charge in [-0.05, 0) is 31.1 Å². The van der Waals surface area contributed by atoms with E-state index in [1.807, 2.05) is 24.3 Å². The van der Waals surface area contributed by atoms with Gasteiger partial charge in [0.2, 0.25) is 5.91 Å². The zero-order chi connectivity index (χ0) is 18.9. The molecule has 1 aromatic carbocycles. The lowest BCUT2D eigenvalue weighted by Gasteiger charge is -2.34. The molecule has 140 valence electrons. The van der Waals surface area contributed by atoms with Crippen molar-refractivity contribution in [3.05, 3.63) is 63.5 Å². The van der Waals surface area contributed by atoms with Gasteiger partial charge >= 0.3 is 0 Å². The van der Waals surface area contributed by atoms with Crippen LogP contribution in [0, 0.1) is 0 Å². The first kappa shape index (κ1) is 17.8. The summed E-state index contributed by atoms with van der Waals surface area (Å²) in [6.45, 7) is 1.10. The minimum atomic E-state index is -0.380. The maximum absolute atomic E-state index is 12.7. The van der Waals surface area contributed by atoms with Crippen LogP contribution >= 0.6 is 11.6 Å². The molecule has 0 unspecified atom stereocenters. The molecule has 7 heteroatoms. The number of carbonyl (C=O) groups excluding carboxylic acids is 1. The van der Waals surface area contributed by atoms with Crippen molar-refractivity contribution < 1.29 is 9.53 Å². The Bertz CT molecular complexity index is 955. The van der Waals surface area contributed by atoms with Gasteiger partial charge in [0.05, 0.1) is 0 Å². The first-order valence-electron chi connectivity index (χ1n) is 9.03. The van der Waals surface area contributed by atoms with Gasteiger partial charge in [0.15, 0.2) is 0 Å². The number of likely N-dealkylation sites (tertiary alicyclic amines) is 1. The number of para-hydroxylation sites is 1. The summed E-state index contributed by atoms with van der Waals surface area (Å²) in [7, 11) is 0. The smallest absolute Gasteiger partial charge is 0.267 e. The molecule has 2 aliphatic rings. The van der Waals surface area contributed by atoms with Gasteiger partial charge in [0.25, 0.3) is 5.56 Å². The molecule has 0 N–H and O–H groups in total. The average molecular weight is 386 g/mol. The number of amides is 1. The van der Waals surface area contributed by atoms with Crippen molar-refractivity contribution in [1.82, 2.24) is 14.7 Å². The molecule has 1 spiro atoms. The van der Waals surface area contributed by atoms with Crippen molar-refractivity contribution >= 4 is 23.6 Å². The summed E-state index contributed by atoms with van der Waals surface area (Å²) in [4.78, 5) is 26.3. The third kappa shape index (κ3) is 3.76. The van der Waals surface area contributed by atoms with E-state index in [-0.39, 0.29) is 28.8 Å². The van der Waals surface area contributed by atoms with Crippen molar-refractivity contribution in [2.24, 2.45) is 0 Å². The predicted octanol–water partition coefficient (Wildman–Crippen LogP) is 2.75. The molecular weight excluding hydrogens is 366 g/mol. The SMILES string of the molecule is O=C(Cn1nc(Cl)ccc1=O)N1CCC[C@]2(C=Cc3ccccc3O2)CC1. The Balaban J connectivity index is 1.45. The largest absolute Gasteiger partial charge is 0.483 e. The van der Waals surface area contributed by atoms with Crippen LogP contribution in [0.2, 0.25) is 5.15 Å². The van der Waals surface area contributed by atoms with E-state index in [0.29, 0.717) is 19.5 Å². The summed E-state index contributed by atoms with van der Waals surface area (Å²) in [5, 5.41) is 4.12. The number of hydrogen-bond donors (Lipinski definition) is 0. The lowest BCUT2D eigenvalue weighted by molar-refractivity contribution is -0.132.